The molecular formula is C15H25ClN2O2S. The minimum atomic E-state index is -3.42. The van der Waals surface area contributed by atoms with Crippen molar-refractivity contribution in [3.05, 3.63) is 18.0 Å². The molecule has 0 atom stereocenters. The van der Waals surface area contributed by atoms with Crippen molar-refractivity contribution in [1.29, 1.82) is 0 Å². The Morgan fingerprint density at radius 1 is 1.33 bits per heavy atom. The molecule has 1 aromatic heterocycles. The summed E-state index contributed by atoms with van der Waals surface area (Å²) in [5, 5.41) is 0. The molecule has 1 saturated carbocycles. The van der Waals surface area contributed by atoms with Crippen molar-refractivity contribution in [2.45, 2.75) is 63.4 Å². The Bertz CT molecular complexity index is 589. The van der Waals surface area contributed by atoms with E-state index >= 15 is 0 Å². The fourth-order valence-electron chi connectivity index (χ4n) is 2.53. The molecule has 0 N–H and O–H groups in total. The standard InChI is InChI=1S/C15H25ClN2O2S/c1-11(2)9-18(13-5-6-13)21(19,20)15-7-14(8-16)17(10-15)12(3)4/h7,10-13H,5-6,8-9H2,1-4H3. The molecule has 21 heavy (non-hydrogen) atoms. The van der Waals surface area contributed by atoms with Crippen molar-refractivity contribution in [3.8, 4) is 0 Å². The molecule has 0 unspecified atom stereocenters. The van der Waals surface area contributed by atoms with Crippen molar-refractivity contribution < 1.29 is 8.42 Å². The van der Waals surface area contributed by atoms with Crippen LogP contribution in [-0.2, 0) is 15.9 Å². The van der Waals surface area contributed by atoms with E-state index in [1.165, 1.54) is 0 Å². The predicted octanol–water partition coefficient (Wildman–Crippen LogP) is 3.62. The van der Waals surface area contributed by atoms with Gasteiger partial charge in [0, 0.05) is 30.5 Å². The lowest BCUT2D eigenvalue weighted by Crippen LogP contribution is -2.36. The largest absolute Gasteiger partial charge is 0.346 e. The van der Waals surface area contributed by atoms with E-state index in [-0.39, 0.29) is 12.1 Å². The van der Waals surface area contributed by atoms with Gasteiger partial charge in [-0.05, 0) is 38.7 Å². The number of sulfonamides is 1. The first kappa shape index (κ1) is 16.8. The van der Waals surface area contributed by atoms with E-state index in [0.29, 0.717) is 23.2 Å². The average molecular weight is 333 g/mol. The lowest BCUT2D eigenvalue weighted by Gasteiger charge is -2.23. The van der Waals surface area contributed by atoms with Gasteiger partial charge in [0.1, 0.15) is 4.90 Å². The third-order valence-corrected chi connectivity index (χ3v) is 5.86. The molecule has 1 fully saturated rings. The van der Waals surface area contributed by atoms with Crippen molar-refractivity contribution >= 4 is 21.6 Å². The highest BCUT2D eigenvalue weighted by Gasteiger charge is 2.38. The van der Waals surface area contributed by atoms with Crippen LogP contribution in [0, 0.1) is 5.92 Å². The second-order valence-electron chi connectivity index (χ2n) is 6.50. The maximum atomic E-state index is 12.9. The Morgan fingerprint density at radius 2 is 1.95 bits per heavy atom. The Kier molecular flexibility index (Phi) is 5.06. The number of alkyl halides is 1. The minimum absolute atomic E-state index is 0.180. The zero-order valence-electron chi connectivity index (χ0n) is 13.2. The SMILES string of the molecule is CC(C)CN(C1CC1)S(=O)(=O)c1cc(CCl)n(C(C)C)c1. The minimum Gasteiger partial charge on any atom is -0.346 e. The van der Waals surface area contributed by atoms with Gasteiger partial charge < -0.3 is 4.57 Å². The van der Waals surface area contributed by atoms with Crippen LogP contribution in [0.2, 0.25) is 0 Å². The summed E-state index contributed by atoms with van der Waals surface area (Å²) >= 11 is 5.95. The molecule has 6 heteroatoms. The van der Waals surface area contributed by atoms with Crippen LogP contribution in [0.4, 0.5) is 0 Å². The summed E-state index contributed by atoms with van der Waals surface area (Å²) in [6, 6.07) is 2.10. The molecule has 4 nitrogen and oxygen atoms in total. The first-order valence-electron chi connectivity index (χ1n) is 7.56. The van der Waals surface area contributed by atoms with Crippen LogP contribution in [0.1, 0.15) is 52.3 Å². The number of halogens is 1. The van der Waals surface area contributed by atoms with Crippen molar-refractivity contribution in [2.24, 2.45) is 5.92 Å². The summed E-state index contributed by atoms with van der Waals surface area (Å²) in [7, 11) is -3.42. The van der Waals surface area contributed by atoms with Crippen LogP contribution in [-0.4, -0.2) is 29.9 Å². The van der Waals surface area contributed by atoms with Gasteiger partial charge in [-0.2, -0.15) is 4.31 Å². The molecular weight excluding hydrogens is 308 g/mol. The van der Waals surface area contributed by atoms with E-state index in [1.54, 1.807) is 16.6 Å². The van der Waals surface area contributed by atoms with Crippen molar-refractivity contribution in [2.75, 3.05) is 6.54 Å². The number of aromatic nitrogens is 1. The summed E-state index contributed by atoms with van der Waals surface area (Å²) in [5.41, 5.74) is 0.852. The Labute approximate surface area is 133 Å². The number of hydrogen-bond acceptors (Lipinski definition) is 2. The molecule has 120 valence electrons. The third kappa shape index (κ3) is 3.63. The topological polar surface area (TPSA) is 42.3 Å². The van der Waals surface area contributed by atoms with Crippen LogP contribution in [0.3, 0.4) is 0 Å². The molecule has 1 aliphatic rings. The predicted molar refractivity (Wildman–Crippen MR) is 86.1 cm³/mol. The Hall–Kier alpha value is -0.520. The van der Waals surface area contributed by atoms with Crippen molar-refractivity contribution in [1.82, 2.24) is 8.87 Å². The monoisotopic (exact) mass is 332 g/mol. The summed E-state index contributed by atoms with van der Waals surface area (Å²) in [6.07, 6.45) is 3.67. The number of rotatable bonds is 7. The lowest BCUT2D eigenvalue weighted by atomic mass is 10.2. The quantitative estimate of drug-likeness (QED) is 0.716. The first-order chi connectivity index (χ1) is 9.77. The van der Waals surface area contributed by atoms with Gasteiger partial charge in [0.05, 0.1) is 5.88 Å². The zero-order valence-corrected chi connectivity index (χ0v) is 14.8. The molecule has 0 spiro atoms. The fourth-order valence-corrected chi connectivity index (χ4v) is 4.64. The van der Waals surface area contributed by atoms with Crippen LogP contribution in [0.5, 0.6) is 0 Å². The van der Waals surface area contributed by atoms with Crippen LogP contribution >= 0.6 is 11.6 Å². The van der Waals surface area contributed by atoms with E-state index in [1.807, 2.05) is 32.3 Å². The molecule has 0 saturated heterocycles. The summed E-state index contributed by atoms with van der Waals surface area (Å²) in [5.74, 6) is 0.640. The van der Waals surface area contributed by atoms with Gasteiger partial charge in [-0.15, -0.1) is 11.6 Å². The summed E-state index contributed by atoms with van der Waals surface area (Å²) in [4.78, 5) is 0.374. The Balaban J connectivity index is 2.37. The summed E-state index contributed by atoms with van der Waals surface area (Å²) in [6.45, 7) is 8.73. The van der Waals surface area contributed by atoms with Gasteiger partial charge >= 0.3 is 0 Å². The van der Waals surface area contributed by atoms with E-state index in [2.05, 4.69) is 0 Å². The molecule has 0 aliphatic heterocycles. The number of hydrogen-bond donors (Lipinski definition) is 0. The lowest BCUT2D eigenvalue weighted by molar-refractivity contribution is 0.360. The molecule has 1 aromatic rings. The van der Waals surface area contributed by atoms with Crippen LogP contribution in [0.25, 0.3) is 0 Å². The second kappa shape index (κ2) is 6.31. The first-order valence-corrected chi connectivity index (χ1v) is 9.53. The van der Waals surface area contributed by atoms with Gasteiger partial charge in [-0.1, -0.05) is 13.8 Å². The maximum Gasteiger partial charge on any atom is 0.244 e. The van der Waals surface area contributed by atoms with E-state index in [9.17, 15) is 8.42 Å². The van der Waals surface area contributed by atoms with Gasteiger partial charge in [0.15, 0.2) is 0 Å². The van der Waals surface area contributed by atoms with E-state index in [4.69, 9.17) is 11.6 Å². The van der Waals surface area contributed by atoms with Gasteiger partial charge in [-0.3, -0.25) is 0 Å². The Morgan fingerprint density at radius 3 is 2.33 bits per heavy atom. The van der Waals surface area contributed by atoms with Gasteiger partial charge in [0.2, 0.25) is 10.0 Å². The van der Waals surface area contributed by atoms with Crippen LogP contribution < -0.4 is 0 Å². The highest BCUT2D eigenvalue weighted by molar-refractivity contribution is 7.89. The molecule has 0 radical (unpaired) electrons. The molecule has 2 rings (SSSR count). The summed E-state index contributed by atoms with van der Waals surface area (Å²) < 4.78 is 29.5. The van der Waals surface area contributed by atoms with Gasteiger partial charge in [0.25, 0.3) is 0 Å². The van der Waals surface area contributed by atoms with E-state index in [0.717, 1.165) is 18.5 Å². The number of nitrogens with zero attached hydrogens (tertiary/aromatic N) is 2. The zero-order chi connectivity index (χ0) is 15.8. The fraction of sp³-hybridized carbons (Fsp3) is 0.733. The molecule has 0 aromatic carbocycles. The average Bonchev–Trinajstić information content (AvgIpc) is 3.12. The van der Waals surface area contributed by atoms with Crippen LogP contribution in [0.15, 0.2) is 17.2 Å². The second-order valence-corrected chi connectivity index (χ2v) is 8.66. The smallest absolute Gasteiger partial charge is 0.244 e. The highest BCUT2D eigenvalue weighted by atomic mass is 35.5. The van der Waals surface area contributed by atoms with E-state index < -0.39 is 10.0 Å². The normalized spacial score (nSPS) is 16.4. The van der Waals surface area contributed by atoms with Gasteiger partial charge in [-0.25, -0.2) is 8.42 Å². The molecule has 0 amide bonds. The maximum absolute atomic E-state index is 12.9. The highest BCUT2D eigenvalue weighted by Crippen LogP contribution is 2.33. The third-order valence-electron chi connectivity index (χ3n) is 3.71. The molecule has 1 aliphatic carbocycles. The molecule has 1 heterocycles. The molecule has 0 bridgehead atoms. The van der Waals surface area contributed by atoms with Crippen molar-refractivity contribution in [3.63, 3.8) is 0 Å².